The average Bonchev–Trinajstić information content (AvgIpc) is 2.07. The van der Waals surface area contributed by atoms with Crippen molar-refractivity contribution in [3.8, 4) is 0 Å². The molecule has 0 rings (SSSR count). The summed E-state index contributed by atoms with van der Waals surface area (Å²) in [5.41, 5.74) is 0.421. The van der Waals surface area contributed by atoms with E-state index in [-0.39, 0.29) is 0 Å². The van der Waals surface area contributed by atoms with Gasteiger partial charge < -0.3 is 10.2 Å². The topological polar surface area (TPSA) is 15.3 Å². The van der Waals surface area contributed by atoms with Gasteiger partial charge >= 0.3 is 0 Å². The summed E-state index contributed by atoms with van der Waals surface area (Å²) < 4.78 is 0. The van der Waals surface area contributed by atoms with Gasteiger partial charge in [0.1, 0.15) is 0 Å². The molecule has 0 fully saturated rings. The molecule has 16 heavy (non-hydrogen) atoms. The van der Waals surface area contributed by atoms with E-state index in [0.717, 1.165) is 12.5 Å². The third-order valence-electron chi connectivity index (χ3n) is 2.44. The monoisotopic (exact) mass is 228 g/mol. The average molecular weight is 228 g/mol. The smallest absolute Gasteiger partial charge is 0.00270 e. The highest BCUT2D eigenvalue weighted by atomic mass is 15.1. The predicted molar refractivity (Wildman–Crippen MR) is 73.9 cm³/mol. The molecular formula is C14H32N2. The van der Waals surface area contributed by atoms with E-state index in [2.05, 4.69) is 51.9 Å². The molecule has 0 aliphatic heterocycles. The minimum Gasteiger partial charge on any atom is -0.316 e. The van der Waals surface area contributed by atoms with Crippen LogP contribution in [0.15, 0.2) is 0 Å². The molecule has 0 aliphatic carbocycles. The molecule has 0 unspecified atom stereocenters. The van der Waals surface area contributed by atoms with E-state index >= 15 is 0 Å². The van der Waals surface area contributed by atoms with E-state index < -0.39 is 0 Å². The molecule has 0 saturated heterocycles. The Morgan fingerprint density at radius 1 is 1.12 bits per heavy atom. The molecule has 98 valence electrons. The van der Waals surface area contributed by atoms with Gasteiger partial charge in [0.25, 0.3) is 0 Å². The predicted octanol–water partition coefficient (Wildman–Crippen LogP) is 2.99. The van der Waals surface area contributed by atoms with Crippen molar-refractivity contribution in [2.45, 2.75) is 47.5 Å². The Bertz CT molecular complexity index is 159. The maximum Gasteiger partial charge on any atom is 0.00270 e. The zero-order valence-corrected chi connectivity index (χ0v) is 12.3. The number of hydrogen-bond donors (Lipinski definition) is 1. The Balaban J connectivity index is 3.31. The van der Waals surface area contributed by atoms with Gasteiger partial charge in [0.05, 0.1) is 0 Å². The highest BCUT2D eigenvalue weighted by molar-refractivity contribution is 4.66. The lowest BCUT2D eigenvalue weighted by molar-refractivity contribution is 0.223. The minimum atomic E-state index is 0.421. The van der Waals surface area contributed by atoms with Crippen LogP contribution in [0.2, 0.25) is 0 Å². The fraction of sp³-hybridized carbons (Fsp3) is 1.00. The summed E-state index contributed by atoms with van der Waals surface area (Å²) in [4.78, 5) is 2.45. The molecule has 0 aromatic carbocycles. The molecule has 0 spiro atoms. The summed E-state index contributed by atoms with van der Waals surface area (Å²) in [6.45, 7) is 16.1. The van der Waals surface area contributed by atoms with Crippen LogP contribution in [0.3, 0.4) is 0 Å². The second kappa shape index (κ2) is 8.08. The molecular weight excluding hydrogens is 196 g/mol. The van der Waals surface area contributed by atoms with E-state index in [4.69, 9.17) is 0 Å². The van der Waals surface area contributed by atoms with Gasteiger partial charge in [-0.1, -0.05) is 34.6 Å². The number of nitrogens with zero attached hydrogens (tertiary/aromatic N) is 1. The molecule has 0 radical (unpaired) electrons. The van der Waals surface area contributed by atoms with E-state index in [1.54, 1.807) is 0 Å². The van der Waals surface area contributed by atoms with E-state index in [0.29, 0.717) is 5.41 Å². The summed E-state index contributed by atoms with van der Waals surface area (Å²) in [7, 11) is 2.23. The van der Waals surface area contributed by atoms with Gasteiger partial charge in [0, 0.05) is 6.54 Å². The lowest BCUT2D eigenvalue weighted by Gasteiger charge is -2.26. The number of rotatable bonds is 8. The standard InChI is InChI=1S/C14H32N2/c1-13(2)11-15-9-7-8-10-16(6)12-14(3,4)5/h13,15H,7-12H2,1-6H3. The van der Waals surface area contributed by atoms with Crippen LogP contribution < -0.4 is 5.32 Å². The van der Waals surface area contributed by atoms with Crippen LogP contribution in [0.5, 0.6) is 0 Å². The van der Waals surface area contributed by atoms with Crippen LogP contribution in [0.1, 0.15) is 47.5 Å². The van der Waals surface area contributed by atoms with Crippen LogP contribution in [-0.4, -0.2) is 38.1 Å². The number of unbranched alkanes of at least 4 members (excludes halogenated alkanes) is 1. The van der Waals surface area contributed by atoms with Crippen LogP contribution in [0, 0.1) is 11.3 Å². The molecule has 0 aromatic rings. The largest absolute Gasteiger partial charge is 0.316 e. The van der Waals surface area contributed by atoms with Gasteiger partial charge in [0.2, 0.25) is 0 Å². The van der Waals surface area contributed by atoms with Crippen LogP contribution in [0.25, 0.3) is 0 Å². The highest BCUT2D eigenvalue weighted by Crippen LogP contribution is 2.14. The molecule has 0 saturated carbocycles. The van der Waals surface area contributed by atoms with Crippen molar-refractivity contribution in [2.24, 2.45) is 11.3 Å². The van der Waals surface area contributed by atoms with Crippen molar-refractivity contribution >= 4 is 0 Å². The molecule has 0 atom stereocenters. The quantitative estimate of drug-likeness (QED) is 0.643. The fourth-order valence-corrected chi connectivity index (χ4v) is 1.91. The van der Waals surface area contributed by atoms with Gasteiger partial charge in [-0.2, -0.15) is 0 Å². The van der Waals surface area contributed by atoms with Crippen LogP contribution >= 0.6 is 0 Å². The van der Waals surface area contributed by atoms with Gasteiger partial charge in [-0.25, -0.2) is 0 Å². The first kappa shape index (κ1) is 15.9. The second-order valence-corrected chi connectivity index (χ2v) is 6.60. The Morgan fingerprint density at radius 3 is 2.25 bits per heavy atom. The summed E-state index contributed by atoms with van der Waals surface area (Å²) in [5, 5.41) is 3.49. The zero-order valence-electron chi connectivity index (χ0n) is 12.3. The van der Waals surface area contributed by atoms with Gasteiger partial charge in [-0.15, -0.1) is 0 Å². The molecule has 2 heteroatoms. The first-order chi connectivity index (χ1) is 7.31. The van der Waals surface area contributed by atoms with Crippen molar-refractivity contribution in [3.05, 3.63) is 0 Å². The Kier molecular flexibility index (Phi) is 8.04. The minimum absolute atomic E-state index is 0.421. The van der Waals surface area contributed by atoms with E-state index in [1.807, 2.05) is 0 Å². The van der Waals surface area contributed by atoms with E-state index in [1.165, 1.54) is 32.5 Å². The first-order valence-electron chi connectivity index (χ1n) is 6.70. The summed E-state index contributed by atoms with van der Waals surface area (Å²) in [6.07, 6.45) is 2.60. The second-order valence-electron chi connectivity index (χ2n) is 6.60. The SMILES string of the molecule is CC(C)CNCCCCN(C)CC(C)(C)C. The van der Waals surface area contributed by atoms with Gasteiger partial charge in [-0.05, 0) is 50.9 Å². The molecule has 0 bridgehead atoms. The number of nitrogens with one attached hydrogen (secondary N) is 1. The third-order valence-corrected chi connectivity index (χ3v) is 2.44. The maximum atomic E-state index is 3.49. The molecule has 1 N–H and O–H groups in total. The summed E-state index contributed by atoms with van der Waals surface area (Å²) >= 11 is 0. The van der Waals surface area contributed by atoms with Crippen molar-refractivity contribution in [1.29, 1.82) is 0 Å². The number of hydrogen-bond acceptors (Lipinski definition) is 2. The molecule has 2 nitrogen and oxygen atoms in total. The summed E-state index contributed by atoms with van der Waals surface area (Å²) in [6, 6.07) is 0. The zero-order chi connectivity index (χ0) is 12.6. The van der Waals surface area contributed by atoms with Gasteiger partial charge in [0.15, 0.2) is 0 Å². The normalized spacial score (nSPS) is 12.8. The third kappa shape index (κ3) is 12.0. The van der Waals surface area contributed by atoms with Gasteiger partial charge in [-0.3, -0.25) is 0 Å². The fourth-order valence-electron chi connectivity index (χ4n) is 1.91. The van der Waals surface area contributed by atoms with Crippen LogP contribution in [0.4, 0.5) is 0 Å². The maximum absolute atomic E-state index is 3.49. The van der Waals surface area contributed by atoms with Crippen LogP contribution in [-0.2, 0) is 0 Å². The van der Waals surface area contributed by atoms with E-state index in [9.17, 15) is 0 Å². The lowest BCUT2D eigenvalue weighted by atomic mass is 9.96. The van der Waals surface area contributed by atoms with Crippen molar-refractivity contribution in [2.75, 3.05) is 33.2 Å². The molecule has 0 aromatic heterocycles. The molecule has 0 aliphatic rings. The molecule has 0 amide bonds. The summed E-state index contributed by atoms with van der Waals surface area (Å²) in [5.74, 6) is 0.767. The first-order valence-corrected chi connectivity index (χ1v) is 6.70. The Labute approximate surface area is 103 Å². The Hall–Kier alpha value is -0.0800. The highest BCUT2D eigenvalue weighted by Gasteiger charge is 2.12. The van der Waals surface area contributed by atoms with Crippen molar-refractivity contribution in [3.63, 3.8) is 0 Å². The Morgan fingerprint density at radius 2 is 1.75 bits per heavy atom. The van der Waals surface area contributed by atoms with Crippen molar-refractivity contribution < 1.29 is 0 Å². The van der Waals surface area contributed by atoms with Crippen molar-refractivity contribution in [1.82, 2.24) is 10.2 Å². The lowest BCUT2D eigenvalue weighted by Crippen LogP contribution is -2.30. The molecule has 0 heterocycles.